The number of aromatic nitrogens is 4. The molecule has 7 rings (SSSR count). The van der Waals surface area contributed by atoms with Crippen LogP contribution in [0.4, 0.5) is 11.1 Å². The molecule has 2 amide bonds. The number of carbonyl (C=O) groups excluding carboxylic acids is 2. The number of nitrogens with zero attached hydrogens (tertiary/aromatic N) is 4. The van der Waals surface area contributed by atoms with Gasteiger partial charge in [0.25, 0.3) is 11.8 Å². The van der Waals surface area contributed by atoms with E-state index in [1.54, 1.807) is 35.7 Å². The average molecular weight is 552 g/mol. The molecule has 2 aromatic carbocycles. The molecule has 40 heavy (non-hydrogen) atoms. The van der Waals surface area contributed by atoms with Gasteiger partial charge in [-0.25, -0.2) is 9.97 Å². The number of hydrogen-bond acceptors (Lipinski definition) is 7. The highest BCUT2D eigenvalue weighted by atomic mass is 32.1. The van der Waals surface area contributed by atoms with Crippen LogP contribution in [0.15, 0.2) is 54.7 Å². The summed E-state index contributed by atoms with van der Waals surface area (Å²) in [5.74, 6) is 0.412. The van der Waals surface area contributed by atoms with Gasteiger partial charge >= 0.3 is 0 Å². The number of thiazole rings is 1. The maximum absolute atomic E-state index is 13.3. The van der Waals surface area contributed by atoms with E-state index in [-0.39, 0.29) is 23.5 Å². The molecule has 0 bridgehead atoms. The molecule has 1 fully saturated rings. The monoisotopic (exact) mass is 551 g/mol. The quantitative estimate of drug-likeness (QED) is 0.252. The lowest BCUT2D eigenvalue weighted by Gasteiger charge is -2.28. The maximum atomic E-state index is 13.3. The van der Waals surface area contributed by atoms with Crippen LogP contribution >= 0.6 is 11.3 Å². The molecule has 1 aliphatic heterocycles. The lowest BCUT2D eigenvalue weighted by Crippen LogP contribution is -2.33. The summed E-state index contributed by atoms with van der Waals surface area (Å²) in [4.78, 5) is 46.6. The molecule has 0 spiro atoms. The molecular weight excluding hydrogens is 522 g/mol. The summed E-state index contributed by atoms with van der Waals surface area (Å²) >= 11 is 1.56. The fraction of sp³-hybridized carbons (Fsp3) is 0.300. The second-order valence-corrected chi connectivity index (χ2v) is 11.7. The van der Waals surface area contributed by atoms with E-state index in [4.69, 9.17) is 4.98 Å². The van der Waals surface area contributed by atoms with E-state index >= 15 is 0 Å². The first-order valence-electron chi connectivity index (χ1n) is 13.8. The molecular formula is C30H29N7O2S. The molecule has 5 aromatic rings. The van der Waals surface area contributed by atoms with Crippen LogP contribution in [0.5, 0.6) is 0 Å². The van der Waals surface area contributed by atoms with Crippen molar-refractivity contribution in [3.63, 3.8) is 0 Å². The minimum atomic E-state index is -0.383. The number of para-hydroxylation sites is 1. The van der Waals surface area contributed by atoms with Crippen molar-refractivity contribution in [3.8, 4) is 0 Å². The van der Waals surface area contributed by atoms with Gasteiger partial charge in [-0.3, -0.25) is 30.1 Å². The van der Waals surface area contributed by atoms with Crippen molar-refractivity contribution in [2.75, 3.05) is 23.7 Å². The number of hydrogen-bond donors (Lipinski definition) is 3. The average Bonchev–Trinajstić information content (AvgIpc) is 3.72. The Hall–Kier alpha value is -4.15. The van der Waals surface area contributed by atoms with Gasteiger partial charge in [-0.05, 0) is 42.3 Å². The second-order valence-electron chi connectivity index (χ2n) is 10.6. The Morgan fingerprint density at radius 2 is 1.85 bits per heavy atom. The summed E-state index contributed by atoms with van der Waals surface area (Å²) in [5, 5.41) is 8.26. The van der Waals surface area contributed by atoms with E-state index in [0.29, 0.717) is 21.7 Å². The third-order valence-electron chi connectivity index (χ3n) is 7.87. The number of nitrogens with one attached hydrogen (secondary N) is 3. The maximum Gasteiger partial charge on any atom is 0.276 e. The zero-order chi connectivity index (χ0) is 27.1. The Kier molecular flexibility index (Phi) is 6.49. The first-order valence-corrected chi connectivity index (χ1v) is 14.6. The summed E-state index contributed by atoms with van der Waals surface area (Å²) in [7, 11) is 0. The topological polar surface area (TPSA) is 116 Å². The highest BCUT2D eigenvalue weighted by Crippen LogP contribution is 2.32. The van der Waals surface area contributed by atoms with E-state index in [2.05, 4.69) is 30.5 Å². The van der Waals surface area contributed by atoms with Crippen LogP contribution in [0.25, 0.3) is 21.8 Å². The van der Waals surface area contributed by atoms with E-state index < -0.39 is 0 Å². The number of amides is 2. The Balaban J connectivity index is 1.05. The molecule has 1 aliphatic carbocycles. The van der Waals surface area contributed by atoms with Crippen LogP contribution in [0.2, 0.25) is 0 Å². The zero-order valence-corrected chi connectivity index (χ0v) is 22.8. The second kappa shape index (κ2) is 10.4. The third kappa shape index (κ3) is 4.96. The summed E-state index contributed by atoms with van der Waals surface area (Å²) in [6.07, 6.45) is 8.00. The molecule has 0 atom stereocenters. The lowest BCUT2D eigenvalue weighted by molar-refractivity contribution is 0.101. The first-order chi connectivity index (χ1) is 19.6. The highest BCUT2D eigenvalue weighted by Gasteiger charge is 2.25. The van der Waals surface area contributed by atoms with Gasteiger partial charge in [0.2, 0.25) is 5.95 Å². The molecule has 1 saturated carbocycles. The van der Waals surface area contributed by atoms with E-state index in [1.807, 2.05) is 30.3 Å². The lowest BCUT2D eigenvalue weighted by atomic mass is 10.1. The van der Waals surface area contributed by atoms with Crippen LogP contribution in [0, 0.1) is 5.92 Å². The molecule has 3 aromatic heterocycles. The van der Waals surface area contributed by atoms with Crippen LogP contribution in [-0.2, 0) is 13.0 Å². The Morgan fingerprint density at radius 1 is 1.00 bits per heavy atom. The number of carbonyl (C=O) groups is 2. The molecule has 0 saturated heterocycles. The Bertz CT molecular complexity index is 1740. The highest BCUT2D eigenvalue weighted by molar-refractivity contribution is 7.15. The van der Waals surface area contributed by atoms with Crippen LogP contribution in [-0.4, -0.2) is 49.7 Å². The van der Waals surface area contributed by atoms with Gasteiger partial charge in [0.1, 0.15) is 11.2 Å². The summed E-state index contributed by atoms with van der Waals surface area (Å²) in [6.45, 7) is 3.09. The van der Waals surface area contributed by atoms with Crippen molar-refractivity contribution in [1.29, 1.82) is 0 Å². The fourth-order valence-corrected chi connectivity index (χ4v) is 6.88. The van der Waals surface area contributed by atoms with Gasteiger partial charge in [0, 0.05) is 42.5 Å². The van der Waals surface area contributed by atoms with Crippen LogP contribution in [0.1, 0.15) is 57.1 Å². The van der Waals surface area contributed by atoms with Crippen molar-refractivity contribution in [2.45, 2.75) is 38.6 Å². The number of rotatable bonds is 6. The van der Waals surface area contributed by atoms with Gasteiger partial charge in [0.05, 0.1) is 16.8 Å². The molecule has 9 nitrogen and oxygen atoms in total. The SMILES string of the molecule is O=C(Nc1nc2c(C(=O)Nc3nc4c(s3)CN(CC3CCCC3)CC4)cccc2[nH]1)c1cc2ccccc2cn1. The predicted octanol–water partition coefficient (Wildman–Crippen LogP) is 5.62. The number of aromatic amines is 1. The standard InChI is InChI=1S/C30H29N7O2S/c38-27(36-30-33-22-12-13-37(17-25(22)40-30)16-18-6-1-2-7-18)21-10-5-11-23-26(21)34-29(32-23)35-28(39)24-14-19-8-3-4-9-20(19)15-31-24/h3-5,8-11,14-15,18H,1-2,6-7,12-13,16-17H2,(H,33,36,38)(H2,32,34,35,39). The van der Waals surface area contributed by atoms with E-state index in [1.165, 1.54) is 30.6 Å². The van der Waals surface area contributed by atoms with E-state index in [0.717, 1.165) is 48.4 Å². The largest absolute Gasteiger partial charge is 0.324 e. The Labute approximate surface area is 235 Å². The minimum absolute atomic E-state index is 0.252. The Morgan fingerprint density at radius 3 is 2.73 bits per heavy atom. The number of fused-ring (bicyclic) bond motifs is 3. The number of imidazole rings is 1. The van der Waals surface area contributed by atoms with Crippen LogP contribution < -0.4 is 10.6 Å². The molecule has 0 radical (unpaired) electrons. The number of H-pyrrole nitrogens is 1. The van der Waals surface area contributed by atoms with Crippen molar-refractivity contribution >= 4 is 56.0 Å². The van der Waals surface area contributed by atoms with Gasteiger partial charge < -0.3 is 4.98 Å². The normalized spacial score (nSPS) is 15.9. The van der Waals surface area contributed by atoms with Gasteiger partial charge in [-0.15, -0.1) is 11.3 Å². The molecule has 2 aliphatic rings. The van der Waals surface area contributed by atoms with Crippen LogP contribution in [0.3, 0.4) is 0 Å². The van der Waals surface area contributed by atoms with Crippen molar-refractivity contribution < 1.29 is 9.59 Å². The summed E-state index contributed by atoms with van der Waals surface area (Å²) in [6, 6.07) is 14.8. The minimum Gasteiger partial charge on any atom is -0.324 e. The summed E-state index contributed by atoms with van der Waals surface area (Å²) in [5.41, 5.74) is 2.91. The van der Waals surface area contributed by atoms with Crippen molar-refractivity contribution in [2.24, 2.45) is 5.92 Å². The van der Waals surface area contributed by atoms with Gasteiger partial charge in [-0.1, -0.05) is 43.2 Å². The first kappa shape index (κ1) is 24.9. The van der Waals surface area contributed by atoms with Crippen molar-refractivity contribution in [3.05, 3.63) is 76.6 Å². The molecule has 0 unspecified atom stereocenters. The number of benzene rings is 2. The van der Waals surface area contributed by atoms with Gasteiger partial charge in [-0.2, -0.15) is 0 Å². The predicted molar refractivity (Wildman–Crippen MR) is 157 cm³/mol. The van der Waals surface area contributed by atoms with E-state index in [9.17, 15) is 9.59 Å². The number of anilines is 2. The smallest absolute Gasteiger partial charge is 0.276 e. The summed E-state index contributed by atoms with van der Waals surface area (Å²) < 4.78 is 0. The fourth-order valence-electron chi connectivity index (χ4n) is 5.83. The molecule has 4 heterocycles. The zero-order valence-electron chi connectivity index (χ0n) is 21.9. The molecule has 10 heteroatoms. The third-order valence-corrected chi connectivity index (χ3v) is 8.87. The number of pyridine rings is 1. The van der Waals surface area contributed by atoms with Crippen molar-refractivity contribution in [1.82, 2.24) is 24.8 Å². The molecule has 202 valence electrons. The van der Waals surface area contributed by atoms with Gasteiger partial charge in [0.15, 0.2) is 5.13 Å². The molecule has 3 N–H and O–H groups in total.